The molecule has 0 spiro atoms. The van der Waals surface area contributed by atoms with Gasteiger partial charge in [-0.15, -0.1) is 0 Å². The molecule has 3 unspecified atom stereocenters. The van der Waals surface area contributed by atoms with Gasteiger partial charge in [-0.3, -0.25) is 28.2 Å². The second-order valence-electron chi connectivity index (χ2n) is 7.52. The van der Waals surface area contributed by atoms with Crippen molar-refractivity contribution in [2.75, 3.05) is 13.7 Å². The molecular weight excluding hydrogens is 455 g/mol. The largest absolute Gasteiger partial charge is 0.530 e. The number of para-hydroxylation sites is 1. The molecule has 4 rings (SSSR count). The molecule has 0 radical (unpaired) electrons. The van der Waals surface area contributed by atoms with Crippen LogP contribution in [0.5, 0.6) is 5.75 Å². The number of carbonyl (C=O) groups is 1. The number of H-pyrrole nitrogens is 1. The molecule has 12 heteroatoms. The van der Waals surface area contributed by atoms with Crippen LogP contribution in [0.2, 0.25) is 0 Å². The summed E-state index contributed by atoms with van der Waals surface area (Å²) in [7, 11) is -2.63. The first-order chi connectivity index (χ1) is 15.8. The van der Waals surface area contributed by atoms with Gasteiger partial charge in [0.25, 0.3) is 5.56 Å². The van der Waals surface area contributed by atoms with Crippen molar-refractivity contribution < 1.29 is 32.4 Å². The Balaban J connectivity index is 1.40. The van der Waals surface area contributed by atoms with Crippen LogP contribution >= 0.6 is 7.82 Å². The van der Waals surface area contributed by atoms with Gasteiger partial charge < -0.3 is 14.0 Å². The smallest absolute Gasteiger partial charge is 0.469 e. The van der Waals surface area contributed by atoms with E-state index in [9.17, 15) is 18.9 Å². The number of aromatic amines is 1. The normalized spacial score (nSPS) is 23.7. The molecule has 3 heterocycles. The molecule has 2 aliphatic rings. The van der Waals surface area contributed by atoms with Crippen LogP contribution in [0.25, 0.3) is 0 Å². The molecule has 176 valence electrons. The van der Waals surface area contributed by atoms with E-state index in [2.05, 4.69) is 9.72 Å². The first-order valence-electron chi connectivity index (χ1n) is 10.2. The lowest BCUT2D eigenvalue weighted by atomic mass is 10.0. The Kier molecular flexibility index (Phi) is 6.66. The highest BCUT2D eigenvalue weighted by atomic mass is 31.2. The van der Waals surface area contributed by atoms with E-state index in [0.717, 1.165) is 0 Å². The van der Waals surface area contributed by atoms with E-state index in [4.69, 9.17) is 18.3 Å². The highest BCUT2D eigenvalue weighted by Gasteiger charge is 2.37. The number of phosphoric ester groups is 1. The van der Waals surface area contributed by atoms with Crippen LogP contribution < -0.4 is 15.8 Å². The van der Waals surface area contributed by atoms with Crippen LogP contribution in [0.1, 0.15) is 29.3 Å². The number of ether oxygens (including phenoxy) is 2. The summed E-state index contributed by atoms with van der Waals surface area (Å²) in [5.74, 6) is 0.00243. The fraction of sp³-hybridized carbons (Fsp3) is 0.381. The minimum atomic E-state index is -3.94. The molecule has 0 saturated carbocycles. The zero-order chi connectivity index (χ0) is 23.6. The number of methoxy groups -OCH3 is 1. The number of hydrogen-bond donors (Lipinski definition) is 1. The lowest BCUT2D eigenvalue weighted by Crippen LogP contribution is -2.33. The van der Waals surface area contributed by atoms with Gasteiger partial charge in [0, 0.05) is 23.7 Å². The minimum absolute atomic E-state index is 0.0225. The summed E-state index contributed by atoms with van der Waals surface area (Å²) in [5.41, 5.74) is 0.673. The lowest BCUT2D eigenvalue weighted by molar-refractivity contribution is -0.140. The van der Waals surface area contributed by atoms with Crippen molar-refractivity contribution in [2.24, 2.45) is 0 Å². The molecule has 0 amide bonds. The average Bonchev–Trinajstić information content (AvgIpc) is 3.27. The van der Waals surface area contributed by atoms with Gasteiger partial charge in [0.2, 0.25) is 0 Å². The molecule has 2 aliphatic heterocycles. The zero-order valence-corrected chi connectivity index (χ0v) is 18.9. The van der Waals surface area contributed by atoms with E-state index < -0.39 is 31.4 Å². The van der Waals surface area contributed by atoms with Crippen LogP contribution in [0.3, 0.4) is 0 Å². The van der Waals surface area contributed by atoms with Crippen molar-refractivity contribution in [1.82, 2.24) is 9.55 Å². The molecule has 0 saturated heterocycles. The number of aromatic nitrogens is 2. The standard InChI is InChI=1S/C21H23N2O9P/c1-13-10-23(21(26)22-20(13)25)17-8-7-16(31-17)12-30-33(27)29-11-15-5-3-4-14(19(15)32-33)6-9-18(24)28-2/h3-5,7-8,10,16-17H,6,9,11-12H2,1-2H3,(H,22,25,26). The summed E-state index contributed by atoms with van der Waals surface area (Å²) < 4.78 is 41.2. The van der Waals surface area contributed by atoms with Crippen LogP contribution in [-0.4, -0.2) is 35.3 Å². The van der Waals surface area contributed by atoms with Crippen LogP contribution in [0, 0.1) is 6.92 Å². The molecule has 1 N–H and O–H groups in total. The molecule has 2 aromatic rings. The third-order valence-corrected chi connectivity index (χ3v) is 6.52. The molecule has 3 atom stereocenters. The Morgan fingerprint density at radius 1 is 1.30 bits per heavy atom. The van der Waals surface area contributed by atoms with Gasteiger partial charge >= 0.3 is 19.5 Å². The van der Waals surface area contributed by atoms with Gasteiger partial charge in [0.1, 0.15) is 11.9 Å². The van der Waals surface area contributed by atoms with E-state index in [1.165, 1.54) is 17.9 Å². The predicted octanol–water partition coefficient (Wildman–Crippen LogP) is 2.14. The third-order valence-electron chi connectivity index (χ3n) is 5.21. The van der Waals surface area contributed by atoms with Crippen LogP contribution in [-0.2, 0) is 40.9 Å². The van der Waals surface area contributed by atoms with Gasteiger partial charge in [-0.05, 0) is 25.0 Å². The summed E-state index contributed by atoms with van der Waals surface area (Å²) in [5, 5.41) is 0. The SMILES string of the molecule is COC(=O)CCc1cccc2c1OP(=O)(OCC1C=CC(n3cc(C)c(=O)[nH]c3=O)O1)OC2. The maximum absolute atomic E-state index is 13.1. The minimum Gasteiger partial charge on any atom is -0.469 e. The second kappa shape index (κ2) is 9.48. The van der Waals surface area contributed by atoms with E-state index in [-0.39, 0.29) is 25.6 Å². The summed E-state index contributed by atoms with van der Waals surface area (Å²) in [6, 6.07) is 5.35. The summed E-state index contributed by atoms with van der Waals surface area (Å²) in [6.07, 6.45) is 3.81. The number of nitrogens with one attached hydrogen (secondary N) is 1. The maximum atomic E-state index is 13.1. The van der Waals surface area contributed by atoms with E-state index in [0.29, 0.717) is 28.9 Å². The van der Waals surface area contributed by atoms with Crippen LogP contribution in [0.15, 0.2) is 46.1 Å². The maximum Gasteiger partial charge on any atom is 0.530 e. The van der Waals surface area contributed by atoms with Crippen LogP contribution in [0.4, 0.5) is 0 Å². The molecule has 1 aromatic heterocycles. The van der Waals surface area contributed by atoms with E-state index in [1.54, 1.807) is 37.3 Å². The number of esters is 1. The summed E-state index contributed by atoms with van der Waals surface area (Å²) in [4.78, 5) is 37.3. The van der Waals surface area contributed by atoms with Gasteiger partial charge in [-0.2, -0.15) is 0 Å². The van der Waals surface area contributed by atoms with E-state index in [1.807, 2.05) is 0 Å². The second-order valence-corrected chi connectivity index (χ2v) is 9.11. The summed E-state index contributed by atoms with van der Waals surface area (Å²) in [6.45, 7) is 1.45. The lowest BCUT2D eigenvalue weighted by Gasteiger charge is -2.27. The Labute approximate surface area is 188 Å². The highest BCUT2D eigenvalue weighted by Crippen LogP contribution is 2.55. The fourth-order valence-corrected chi connectivity index (χ4v) is 4.70. The molecule has 1 aromatic carbocycles. The van der Waals surface area contributed by atoms with Crippen molar-refractivity contribution >= 4 is 13.8 Å². The first-order valence-corrected chi connectivity index (χ1v) is 11.7. The summed E-state index contributed by atoms with van der Waals surface area (Å²) >= 11 is 0. The van der Waals surface area contributed by atoms with Gasteiger partial charge in [0.15, 0.2) is 6.23 Å². The molecule has 0 aliphatic carbocycles. The monoisotopic (exact) mass is 478 g/mol. The molecule has 0 bridgehead atoms. The number of nitrogens with zero attached hydrogens (tertiary/aromatic N) is 1. The Hall–Kier alpha value is -2.98. The fourth-order valence-electron chi connectivity index (χ4n) is 3.44. The van der Waals surface area contributed by atoms with Crippen molar-refractivity contribution in [3.63, 3.8) is 0 Å². The third kappa shape index (κ3) is 5.17. The van der Waals surface area contributed by atoms with Gasteiger partial charge in [0.05, 0.1) is 20.3 Å². The number of hydrogen-bond acceptors (Lipinski definition) is 9. The predicted molar refractivity (Wildman–Crippen MR) is 115 cm³/mol. The molecular formula is C21H23N2O9P. The van der Waals surface area contributed by atoms with E-state index >= 15 is 0 Å². The molecule has 33 heavy (non-hydrogen) atoms. The zero-order valence-electron chi connectivity index (χ0n) is 18.0. The number of aryl methyl sites for hydroxylation is 2. The van der Waals surface area contributed by atoms with Crippen molar-refractivity contribution in [3.05, 3.63) is 74.1 Å². The van der Waals surface area contributed by atoms with Crippen molar-refractivity contribution in [2.45, 2.75) is 38.7 Å². The van der Waals surface area contributed by atoms with Crippen molar-refractivity contribution in [1.29, 1.82) is 0 Å². The van der Waals surface area contributed by atoms with Gasteiger partial charge in [-0.1, -0.05) is 24.3 Å². The number of fused-ring (bicyclic) bond motifs is 1. The molecule has 0 fully saturated rings. The average molecular weight is 478 g/mol. The first kappa shape index (κ1) is 23.2. The Bertz CT molecular complexity index is 1250. The number of carbonyl (C=O) groups excluding carboxylic acids is 1. The number of benzene rings is 1. The quantitative estimate of drug-likeness (QED) is 0.361. The highest BCUT2D eigenvalue weighted by molar-refractivity contribution is 7.49. The Morgan fingerprint density at radius 3 is 2.91 bits per heavy atom. The van der Waals surface area contributed by atoms with Crippen molar-refractivity contribution in [3.8, 4) is 5.75 Å². The Morgan fingerprint density at radius 2 is 2.12 bits per heavy atom. The molecule has 11 nitrogen and oxygen atoms in total. The number of phosphoric acid groups is 1. The number of rotatable bonds is 7. The topological polar surface area (TPSA) is 135 Å². The van der Waals surface area contributed by atoms with Gasteiger partial charge in [-0.25, -0.2) is 9.36 Å².